The molecule has 1 aromatic carbocycles. The van der Waals surface area contributed by atoms with Gasteiger partial charge in [0, 0.05) is 27.8 Å². The van der Waals surface area contributed by atoms with Gasteiger partial charge in [0.1, 0.15) is 4.83 Å². The van der Waals surface area contributed by atoms with Gasteiger partial charge in [-0.15, -0.1) is 11.3 Å². The summed E-state index contributed by atoms with van der Waals surface area (Å²) in [6, 6.07) is 11.0. The van der Waals surface area contributed by atoms with Gasteiger partial charge in [-0.2, -0.15) is 5.10 Å². The van der Waals surface area contributed by atoms with E-state index in [9.17, 15) is 4.79 Å². The lowest BCUT2D eigenvalue weighted by Gasteiger charge is -2.12. The molecule has 8 heteroatoms. The maximum absolute atomic E-state index is 12.8. The van der Waals surface area contributed by atoms with Crippen LogP contribution in [0.1, 0.15) is 39.5 Å². The lowest BCUT2D eigenvalue weighted by atomic mass is 10.1. The topological polar surface area (TPSA) is 59.8 Å². The number of aromatic nitrogens is 3. The van der Waals surface area contributed by atoms with E-state index in [-0.39, 0.29) is 11.9 Å². The Morgan fingerprint density at radius 2 is 2.10 bits per heavy atom. The molecule has 0 spiro atoms. The van der Waals surface area contributed by atoms with Crippen molar-refractivity contribution in [3.05, 3.63) is 80.5 Å². The summed E-state index contributed by atoms with van der Waals surface area (Å²) in [6.45, 7) is 4.39. The Bertz CT molecular complexity index is 1190. The quantitative estimate of drug-likeness (QED) is 0.432. The highest BCUT2D eigenvalue weighted by Gasteiger charge is 2.19. The first kappa shape index (κ1) is 19.9. The van der Waals surface area contributed by atoms with Gasteiger partial charge in [0.05, 0.1) is 23.2 Å². The number of thiophene rings is 1. The van der Waals surface area contributed by atoms with Gasteiger partial charge < -0.3 is 5.32 Å². The number of carbonyl (C=O) groups is 1. The predicted molar refractivity (Wildman–Crippen MR) is 118 cm³/mol. The number of nitrogens with zero attached hydrogens (tertiary/aromatic N) is 3. The van der Waals surface area contributed by atoms with Crippen LogP contribution in [-0.2, 0) is 6.54 Å². The SMILES string of the molecule is Cc1nn(Cc2ccc(Cl)cc2Cl)c2sc(C(=O)NC(C)c3cccnc3)cc12. The van der Waals surface area contributed by atoms with Crippen molar-refractivity contribution in [1.29, 1.82) is 0 Å². The molecule has 0 saturated carbocycles. The molecular weight excluding hydrogens is 427 g/mol. The Morgan fingerprint density at radius 3 is 2.83 bits per heavy atom. The summed E-state index contributed by atoms with van der Waals surface area (Å²) in [4.78, 5) is 18.5. The van der Waals surface area contributed by atoms with Gasteiger partial charge in [0.25, 0.3) is 5.91 Å². The highest BCUT2D eigenvalue weighted by atomic mass is 35.5. The summed E-state index contributed by atoms with van der Waals surface area (Å²) in [5, 5.41) is 9.81. The smallest absolute Gasteiger partial charge is 0.261 e. The van der Waals surface area contributed by atoms with Crippen molar-refractivity contribution in [3.63, 3.8) is 0 Å². The number of pyridine rings is 1. The number of rotatable bonds is 5. The van der Waals surface area contributed by atoms with Crippen LogP contribution in [0.4, 0.5) is 0 Å². The van der Waals surface area contributed by atoms with Crippen molar-refractivity contribution in [2.75, 3.05) is 0 Å². The van der Waals surface area contributed by atoms with E-state index in [1.165, 1.54) is 11.3 Å². The average Bonchev–Trinajstić information content (AvgIpc) is 3.26. The minimum absolute atomic E-state index is 0.113. The van der Waals surface area contributed by atoms with Crippen molar-refractivity contribution < 1.29 is 4.79 Å². The van der Waals surface area contributed by atoms with Crippen LogP contribution in [0.5, 0.6) is 0 Å². The summed E-state index contributed by atoms with van der Waals surface area (Å²) in [5.74, 6) is -0.113. The molecule has 4 aromatic rings. The van der Waals surface area contributed by atoms with E-state index in [1.54, 1.807) is 18.5 Å². The van der Waals surface area contributed by atoms with E-state index in [0.717, 1.165) is 27.0 Å². The first-order valence-electron chi connectivity index (χ1n) is 9.04. The molecule has 0 aliphatic heterocycles. The maximum atomic E-state index is 12.8. The largest absolute Gasteiger partial charge is 0.345 e. The van der Waals surface area contributed by atoms with Gasteiger partial charge in [0.2, 0.25) is 0 Å². The van der Waals surface area contributed by atoms with Crippen LogP contribution in [0.3, 0.4) is 0 Å². The van der Waals surface area contributed by atoms with Crippen molar-refractivity contribution >= 4 is 50.7 Å². The highest BCUT2D eigenvalue weighted by molar-refractivity contribution is 7.20. The molecule has 148 valence electrons. The Labute approximate surface area is 182 Å². The molecule has 1 atom stereocenters. The molecule has 5 nitrogen and oxygen atoms in total. The fourth-order valence-electron chi connectivity index (χ4n) is 3.13. The highest BCUT2D eigenvalue weighted by Crippen LogP contribution is 2.30. The van der Waals surface area contributed by atoms with Crippen LogP contribution in [0.25, 0.3) is 10.2 Å². The molecule has 0 bridgehead atoms. The lowest BCUT2D eigenvalue weighted by molar-refractivity contribution is 0.0944. The number of halogens is 2. The summed E-state index contributed by atoms with van der Waals surface area (Å²) in [7, 11) is 0. The molecule has 3 heterocycles. The summed E-state index contributed by atoms with van der Waals surface area (Å²) in [5.41, 5.74) is 2.76. The molecule has 0 radical (unpaired) electrons. The zero-order valence-corrected chi connectivity index (χ0v) is 18.1. The lowest BCUT2D eigenvalue weighted by Crippen LogP contribution is -2.25. The second-order valence-electron chi connectivity index (χ2n) is 6.79. The van der Waals surface area contributed by atoms with E-state index in [2.05, 4.69) is 15.4 Å². The predicted octanol–water partition coefficient (Wildman–Crippen LogP) is 5.65. The molecule has 1 amide bonds. The normalized spacial score (nSPS) is 12.3. The Balaban J connectivity index is 1.59. The van der Waals surface area contributed by atoms with Gasteiger partial charge in [0.15, 0.2) is 0 Å². The molecule has 1 N–H and O–H groups in total. The summed E-state index contributed by atoms with van der Waals surface area (Å²) in [6.07, 6.45) is 3.47. The number of benzene rings is 1. The van der Waals surface area contributed by atoms with Crippen molar-refractivity contribution in [2.24, 2.45) is 0 Å². The monoisotopic (exact) mass is 444 g/mol. The fraction of sp³-hybridized carbons (Fsp3) is 0.190. The fourth-order valence-corrected chi connectivity index (χ4v) is 4.66. The van der Waals surface area contributed by atoms with Crippen LogP contribution in [0.2, 0.25) is 10.0 Å². The minimum Gasteiger partial charge on any atom is -0.345 e. The standard InChI is InChI=1S/C21H18Cl2N4OS/c1-12(14-4-3-7-24-10-14)25-20(28)19-9-17-13(2)26-27(21(17)29-19)11-15-5-6-16(22)8-18(15)23/h3-10,12H,11H2,1-2H3,(H,25,28). The molecular formula is C21H18Cl2N4OS. The van der Waals surface area contributed by atoms with Gasteiger partial charge >= 0.3 is 0 Å². The van der Waals surface area contributed by atoms with Crippen LogP contribution in [0.15, 0.2) is 48.8 Å². The number of fused-ring (bicyclic) bond motifs is 1. The summed E-state index contributed by atoms with van der Waals surface area (Å²) < 4.78 is 1.88. The number of amides is 1. The molecule has 0 aliphatic carbocycles. The molecule has 1 unspecified atom stereocenters. The molecule has 3 aromatic heterocycles. The van der Waals surface area contributed by atoms with E-state index in [0.29, 0.717) is 21.5 Å². The Kier molecular flexibility index (Phi) is 5.58. The zero-order valence-electron chi connectivity index (χ0n) is 15.8. The third-order valence-electron chi connectivity index (χ3n) is 4.70. The number of hydrogen-bond acceptors (Lipinski definition) is 4. The molecule has 0 saturated heterocycles. The first-order valence-corrected chi connectivity index (χ1v) is 10.6. The van der Waals surface area contributed by atoms with Crippen LogP contribution in [-0.4, -0.2) is 20.7 Å². The van der Waals surface area contributed by atoms with E-state index >= 15 is 0 Å². The van der Waals surface area contributed by atoms with E-state index < -0.39 is 0 Å². The van der Waals surface area contributed by atoms with Crippen LogP contribution >= 0.6 is 34.5 Å². The van der Waals surface area contributed by atoms with E-state index in [1.807, 2.05) is 48.9 Å². The number of hydrogen-bond donors (Lipinski definition) is 1. The van der Waals surface area contributed by atoms with Crippen LogP contribution < -0.4 is 5.32 Å². The number of aryl methyl sites for hydroxylation is 1. The van der Waals surface area contributed by atoms with Gasteiger partial charge in [-0.3, -0.25) is 14.5 Å². The molecule has 0 aliphatic rings. The third kappa shape index (κ3) is 4.15. The molecule has 0 fully saturated rings. The number of nitrogens with one attached hydrogen (secondary N) is 1. The van der Waals surface area contributed by atoms with Gasteiger partial charge in [-0.25, -0.2) is 0 Å². The number of carbonyl (C=O) groups excluding carboxylic acids is 1. The van der Waals surface area contributed by atoms with Gasteiger partial charge in [-0.1, -0.05) is 35.3 Å². The van der Waals surface area contributed by atoms with Crippen molar-refractivity contribution in [2.45, 2.75) is 26.4 Å². The Morgan fingerprint density at radius 1 is 1.28 bits per heavy atom. The van der Waals surface area contributed by atoms with Crippen molar-refractivity contribution in [3.8, 4) is 0 Å². The van der Waals surface area contributed by atoms with Gasteiger partial charge in [-0.05, 0) is 49.2 Å². The molecule has 29 heavy (non-hydrogen) atoms. The minimum atomic E-state index is -0.133. The second-order valence-corrected chi connectivity index (χ2v) is 8.66. The molecule has 4 rings (SSSR count). The Hall–Kier alpha value is -2.41. The average molecular weight is 445 g/mol. The second kappa shape index (κ2) is 8.14. The van der Waals surface area contributed by atoms with E-state index in [4.69, 9.17) is 23.2 Å². The summed E-state index contributed by atoms with van der Waals surface area (Å²) >= 11 is 13.7. The maximum Gasteiger partial charge on any atom is 0.261 e. The third-order valence-corrected chi connectivity index (χ3v) is 6.43. The van der Waals surface area contributed by atoms with Crippen molar-refractivity contribution in [1.82, 2.24) is 20.1 Å². The first-order chi connectivity index (χ1) is 13.9. The van der Waals surface area contributed by atoms with Crippen LogP contribution in [0, 0.1) is 6.92 Å². The zero-order chi connectivity index (χ0) is 20.5.